The molecule has 2 aromatic rings. The number of aromatic hydroxyl groups is 1. The Balaban J connectivity index is 2.08. The minimum Gasteiger partial charge on any atom is -0.508 e. The van der Waals surface area contributed by atoms with Crippen LogP contribution in [-0.4, -0.2) is 25.3 Å². The topological polar surface area (TPSA) is 66.4 Å². The smallest absolute Gasteiger partial charge is 0.180 e. The Kier molecular flexibility index (Phi) is 4.92. The van der Waals surface area contributed by atoms with E-state index in [4.69, 9.17) is 0 Å². The first-order valence-electron chi connectivity index (χ1n) is 8.38. The molecule has 2 atom stereocenters. The van der Waals surface area contributed by atoms with E-state index in [1.807, 2.05) is 24.3 Å². The maximum atomic E-state index is 12.8. The second kappa shape index (κ2) is 6.95. The predicted molar refractivity (Wildman–Crippen MR) is 94.9 cm³/mol. The molecule has 0 radical (unpaired) electrons. The van der Waals surface area contributed by atoms with Crippen molar-refractivity contribution >= 4 is 9.84 Å². The van der Waals surface area contributed by atoms with Crippen molar-refractivity contribution in [3.63, 3.8) is 0 Å². The van der Waals surface area contributed by atoms with Crippen LogP contribution in [0.1, 0.15) is 43.4 Å². The van der Waals surface area contributed by atoms with Gasteiger partial charge in [0.15, 0.2) is 9.84 Å². The molecule has 0 fully saturated rings. The molecular weight excluding hydrogens is 322 g/mol. The quantitative estimate of drug-likeness (QED) is 0.891. The van der Waals surface area contributed by atoms with Crippen LogP contribution >= 0.6 is 0 Å². The first kappa shape index (κ1) is 17.0. The van der Waals surface area contributed by atoms with Crippen LogP contribution < -0.4 is 5.32 Å². The molecule has 2 aromatic carbocycles. The number of unbranched alkanes of at least 4 members (excludes halogenated alkanes) is 1. The number of benzene rings is 2. The molecule has 1 aliphatic rings. The van der Waals surface area contributed by atoms with Gasteiger partial charge in [-0.3, -0.25) is 0 Å². The van der Waals surface area contributed by atoms with Crippen molar-refractivity contribution in [3.05, 3.63) is 59.7 Å². The van der Waals surface area contributed by atoms with E-state index in [1.54, 1.807) is 24.3 Å². The number of nitrogens with one attached hydrogen (secondary N) is 1. The molecule has 0 bridgehead atoms. The summed E-state index contributed by atoms with van der Waals surface area (Å²) < 4.78 is 25.6. The maximum Gasteiger partial charge on any atom is 0.180 e. The van der Waals surface area contributed by atoms with Crippen molar-refractivity contribution in [2.45, 2.75) is 43.2 Å². The Morgan fingerprint density at radius 1 is 1.12 bits per heavy atom. The SMILES string of the molecule is CCCC[C@@H]1CS(=O)(=O)c2ccccc2[C@@H](c2ccc(O)cc2)N1. The van der Waals surface area contributed by atoms with Gasteiger partial charge in [0.25, 0.3) is 0 Å². The zero-order valence-electron chi connectivity index (χ0n) is 13.8. The van der Waals surface area contributed by atoms with Gasteiger partial charge in [-0.15, -0.1) is 0 Å². The summed E-state index contributed by atoms with van der Waals surface area (Å²) in [5, 5.41) is 13.1. The molecule has 0 spiro atoms. The summed E-state index contributed by atoms with van der Waals surface area (Å²) >= 11 is 0. The molecule has 2 N–H and O–H groups in total. The first-order valence-corrected chi connectivity index (χ1v) is 10.0. The molecule has 0 unspecified atom stereocenters. The summed E-state index contributed by atoms with van der Waals surface area (Å²) in [6.07, 6.45) is 2.86. The second-order valence-electron chi connectivity index (χ2n) is 6.35. The first-order chi connectivity index (χ1) is 11.5. The van der Waals surface area contributed by atoms with Gasteiger partial charge in [0.1, 0.15) is 5.75 Å². The van der Waals surface area contributed by atoms with Gasteiger partial charge in [0.05, 0.1) is 16.7 Å². The summed E-state index contributed by atoms with van der Waals surface area (Å²) in [6.45, 7) is 2.11. The second-order valence-corrected chi connectivity index (χ2v) is 8.35. The Bertz CT molecular complexity index is 800. The zero-order chi connectivity index (χ0) is 17.2. The monoisotopic (exact) mass is 345 g/mol. The molecule has 24 heavy (non-hydrogen) atoms. The van der Waals surface area contributed by atoms with E-state index >= 15 is 0 Å². The van der Waals surface area contributed by atoms with Crippen LogP contribution in [0.2, 0.25) is 0 Å². The minimum absolute atomic E-state index is 0.0823. The Hall–Kier alpha value is -1.85. The van der Waals surface area contributed by atoms with E-state index in [1.165, 1.54) is 0 Å². The molecule has 0 saturated heterocycles. The largest absolute Gasteiger partial charge is 0.508 e. The maximum absolute atomic E-state index is 12.8. The van der Waals surface area contributed by atoms with Crippen LogP contribution in [0, 0.1) is 0 Å². The van der Waals surface area contributed by atoms with Crippen LogP contribution in [0.25, 0.3) is 0 Å². The molecule has 1 aliphatic heterocycles. The minimum atomic E-state index is -3.32. The lowest BCUT2D eigenvalue weighted by Gasteiger charge is -2.23. The van der Waals surface area contributed by atoms with Gasteiger partial charge in [-0.25, -0.2) is 8.42 Å². The van der Waals surface area contributed by atoms with Crippen LogP contribution in [0.3, 0.4) is 0 Å². The van der Waals surface area contributed by atoms with Crippen molar-refractivity contribution in [1.29, 1.82) is 0 Å². The third-order valence-corrected chi connectivity index (χ3v) is 6.40. The van der Waals surface area contributed by atoms with Crippen molar-refractivity contribution in [2.75, 3.05) is 5.75 Å². The molecule has 0 aliphatic carbocycles. The zero-order valence-corrected chi connectivity index (χ0v) is 14.6. The highest BCUT2D eigenvalue weighted by molar-refractivity contribution is 7.91. The van der Waals surface area contributed by atoms with Crippen LogP contribution in [0.4, 0.5) is 0 Å². The molecule has 3 rings (SSSR count). The van der Waals surface area contributed by atoms with Crippen LogP contribution in [-0.2, 0) is 9.84 Å². The van der Waals surface area contributed by atoms with Crippen molar-refractivity contribution < 1.29 is 13.5 Å². The van der Waals surface area contributed by atoms with E-state index in [0.29, 0.717) is 4.90 Å². The lowest BCUT2D eigenvalue weighted by atomic mass is 9.97. The average molecular weight is 345 g/mol. The number of fused-ring (bicyclic) bond motifs is 1. The van der Waals surface area contributed by atoms with Gasteiger partial charge >= 0.3 is 0 Å². The fourth-order valence-corrected chi connectivity index (χ4v) is 5.09. The fraction of sp³-hybridized carbons (Fsp3) is 0.368. The summed E-state index contributed by atoms with van der Waals surface area (Å²) in [5.74, 6) is 0.328. The fourth-order valence-electron chi connectivity index (χ4n) is 3.29. The molecular formula is C19H23NO3S. The summed E-state index contributed by atoms with van der Waals surface area (Å²) in [5.41, 5.74) is 1.74. The van der Waals surface area contributed by atoms with Gasteiger partial charge in [0.2, 0.25) is 0 Å². The number of hydrogen-bond donors (Lipinski definition) is 2. The van der Waals surface area contributed by atoms with Gasteiger partial charge < -0.3 is 10.4 Å². The third kappa shape index (κ3) is 3.47. The van der Waals surface area contributed by atoms with Crippen molar-refractivity contribution in [2.24, 2.45) is 0 Å². The van der Waals surface area contributed by atoms with Gasteiger partial charge in [-0.2, -0.15) is 0 Å². The summed E-state index contributed by atoms with van der Waals surface area (Å²) in [7, 11) is -3.32. The molecule has 4 nitrogen and oxygen atoms in total. The number of phenols is 1. The highest BCUT2D eigenvalue weighted by atomic mass is 32.2. The normalized spacial score (nSPS) is 22.5. The van der Waals surface area contributed by atoms with Gasteiger partial charge in [-0.1, -0.05) is 50.1 Å². The Labute approximate surface area is 143 Å². The molecule has 128 valence electrons. The van der Waals surface area contributed by atoms with E-state index < -0.39 is 9.84 Å². The average Bonchev–Trinajstić information content (AvgIpc) is 2.68. The van der Waals surface area contributed by atoms with Gasteiger partial charge in [-0.05, 0) is 35.7 Å². The number of hydrogen-bond acceptors (Lipinski definition) is 4. The molecule has 0 aromatic heterocycles. The number of phenolic OH excluding ortho intramolecular Hbond substituents is 1. The van der Waals surface area contributed by atoms with Crippen LogP contribution in [0.15, 0.2) is 53.4 Å². The highest BCUT2D eigenvalue weighted by Crippen LogP contribution is 2.33. The number of rotatable bonds is 4. The van der Waals surface area contributed by atoms with E-state index in [2.05, 4.69) is 12.2 Å². The Morgan fingerprint density at radius 2 is 1.83 bits per heavy atom. The molecule has 5 heteroatoms. The van der Waals surface area contributed by atoms with E-state index in [0.717, 1.165) is 30.4 Å². The summed E-state index contributed by atoms with van der Waals surface area (Å²) in [6, 6.07) is 13.9. The Morgan fingerprint density at radius 3 is 2.54 bits per heavy atom. The van der Waals surface area contributed by atoms with E-state index in [9.17, 15) is 13.5 Å². The van der Waals surface area contributed by atoms with Gasteiger partial charge in [0, 0.05) is 6.04 Å². The lowest BCUT2D eigenvalue weighted by Crippen LogP contribution is -2.35. The van der Waals surface area contributed by atoms with Crippen molar-refractivity contribution in [1.82, 2.24) is 5.32 Å². The number of sulfone groups is 1. The lowest BCUT2D eigenvalue weighted by molar-refractivity contribution is 0.459. The summed E-state index contributed by atoms with van der Waals surface area (Å²) in [4.78, 5) is 0.412. The highest BCUT2D eigenvalue weighted by Gasteiger charge is 2.32. The van der Waals surface area contributed by atoms with E-state index in [-0.39, 0.29) is 23.6 Å². The predicted octanol–water partition coefficient (Wildman–Crippen LogP) is 3.42. The van der Waals surface area contributed by atoms with Crippen molar-refractivity contribution in [3.8, 4) is 5.75 Å². The third-order valence-electron chi connectivity index (χ3n) is 4.52. The van der Waals surface area contributed by atoms with Crippen LogP contribution in [0.5, 0.6) is 5.75 Å². The molecule has 0 amide bonds. The molecule has 0 saturated carbocycles. The molecule has 1 heterocycles. The standard InChI is InChI=1S/C19H23NO3S/c1-2-3-6-15-13-24(22,23)18-8-5-4-7-17(18)19(20-15)14-9-11-16(21)12-10-14/h4-5,7-12,15,19-21H,2-3,6,13H2,1H3/t15-,19-/m1/s1.